The molecular weight excluding hydrogens is 280 g/mol. The average molecular weight is 296 g/mol. The lowest BCUT2D eigenvalue weighted by molar-refractivity contribution is -0.146. The van der Waals surface area contributed by atoms with Crippen LogP contribution in [0.4, 0.5) is 0 Å². The predicted molar refractivity (Wildman–Crippen MR) is 73.6 cm³/mol. The summed E-state index contributed by atoms with van der Waals surface area (Å²) in [6.07, 6.45) is 1.43. The molecule has 0 aromatic heterocycles. The molecule has 0 saturated heterocycles. The second-order valence-corrected chi connectivity index (χ2v) is 4.41. The highest BCUT2D eigenvalue weighted by Crippen LogP contribution is 2.13. The average Bonchev–Trinajstić information content (AvgIpc) is 2.81. The number of amidine groups is 1. The van der Waals surface area contributed by atoms with Crippen LogP contribution < -0.4 is 11.5 Å². The largest absolute Gasteiger partial charge is 0.462 e. The molecule has 0 aromatic carbocycles. The normalized spacial score (nSPS) is 21.7. The Morgan fingerprint density at radius 3 is 2.95 bits per heavy atom. The summed E-state index contributed by atoms with van der Waals surface area (Å²) >= 11 is 0. The Morgan fingerprint density at radius 2 is 2.24 bits per heavy atom. The molecule has 2 atom stereocenters. The van der Waals surface area contributed by atoms with Crippen molar-refractivity contribution in [1.29, 1.82) is 0 Å². The van der Waals surface area contributed by atoms with Crippen LogP contribution >= 0.6 is 0 Å². The van der Waals surface area contributed by atoms with Crippen LogP contribution in [0.25, 0.3) is 0 Å². The van der Waals surface area contributed by atoms with Gasteiger partial charge >= 0.3 is 5.97 Å². The van der Waals surface area contributed by atoms with Gasteiger partial charge in [0.15, 0.2) is 11.9 Å². The van der Waals surface area contributed by atoms with Gasteiger partial charge in [0.2, 0.25) is 5.96 Å². The molecule has 2 heterocycles. The number of rotatable bonds is 6. The molecule has 0 bridgehead atoms. The number of esters is 1. The van der Waals surface area contributed by atoms with E-state index in [4.69, 9.17) is 20.9 Å². The number of nitrogens with zero attached hydrogens (tertiary/aromatic N) is 4. The second kappa shape index (κ2) is 6.41. The molecule has 0 aromatic rings. The summed E-state index contributed by atoms with van der Waals surface area (Å²) in [4.78, 5) is 35.7. The molecule has 10 nitrogen and oxygen atoms in total. The van der Waals surface area contributed by atoms with E-state index in [1.807, 2.05) is 0 Å². The van der Waals surface area contributed by atoms with Gasteiger partial charge in [-0.2, -0.15) is 9.98 Å². The Balaban J connectivity index is 1.75. The predicted octanol–water partition coefficient (Wildman–Crippen LogP) is -2.18. The van der Waals surface area contributed by atoms with Crippen LogP contribution in [-0.2, 0) is 19.1 Å². The summed E-state index contributed by atoms with van der Waals surface area (Å²) in [6.45, 7) is 1.91. The minimum absolute atomic E-state index is 0.0871. The molecule has 21 heavy (non-hydrogen) atoms. The van der Waals surface area contributed by atoms with Gasteiger partial charge in [-0.3, -0.25) is 19.5 Å². The van der Waals surface area contributed by atoms with E-state index in [0.29, 0.717) is 5.84 Å². The van der Waals surface area contributed by atoms with Gasteiger partial charge < -0.3 is 20.9 Å². The topological polar surface area (TPSA) is 145 Å². The van der Waals surface area contributed by atoms with E-state index >= 15 is 0 Å². The Morgan fingerprint density at radius 1 is 1.48 bits per heavy atom. The van der Waals surface area contributed by atoms with Gasteiger partial charge in [-0.1, -0.05) is 0 Å². The van der Waals surface area contributed by atoms with Gasteiger partial charge in [-0.15, -0.1) is 0 Å². The third kappa shape index (κ3) is 3.61. The van der Waals surface area contributed by atoms with Gasteiger partial charge in [0, 0.05) is 0 Å². The quantitative estimate of drug-likeness (QED) is 0.418. The Labute approximate surface area is 120 Å². The fraction of sp³-hybridized carbons (Fsp3) is 0.545. The molecular formula is C11H16N6O4. The number of carbonyl (C=O) groups excluding carboxylic acids is 2. The molecule has 0 spiro atoms. The molecule has 2 unspecified atom stereocenters. The van der Waals surface area contributed by atoms with Crippen LogP contribution in [-0.4, -0.2) is 66.9 Å². The van der Waals surface area contributed by atoms with Crippen molar-refractivity contribution in [3.05, 3.63) is 0 Å². The lowest BCUT2D eigenvalue weighted by Crippen LogP contribution is -2.41. The van der Waals surface area contributed by atoms with Crippen molar-refractivity contribution in [2.45, 2.75) is 19.0 Å². The highest BCUT2D eigenvalue weighted by molar-refractivity contribution is 6.21. The standard InChI is InChI=1S/C11H16N6O4/c1-6(12)10(19)21-3-2-20-5-17-4-14-7-8(17)15-11(13)16-9(7)18/h4,6-7H,2-3,5,12H2,1H3,(H2,13,16,18). The molecule has 114 valence electrons. The van der Waals surface area contributed by atoms with Crippen LogP contribution in [0.2, 0.25) is 0 Å². The monoisotopic (exact) mass is 296 g/mol. The number of aliphatic imine (C=N–C) groups is 3. The number of guanidine groups is 1. The first-order valence-electron chi connectivity index (χ1n) is 6.25. The maximum absolute atomic E-state index is 11.5. The van der Waals surface area contributed by atoms with Crippen molar-refractivity contribution in [2.24, 2.45) is 26.4 Å². The summed E-state index contributed by atoms with van der Waals surface area (Å²) in [5.41, 5.74) is 10.8. The van der Waals surface area contributed by atoms with Crippen molar-refractivity contribution < 1.29 is 19.1 Å². The van der Waals surface area contributed by atoms with Crippen LogP contribution in [0.15, 0.2) is 15.0 Å². The molecule has 10 heteroatoms. The first kappa shape index (κ1) is 15.1. The van der Waals surface area contributed by atoms with Crippen LogP contribution in [0.3, 0.4) is 0 Å². The zero-order valence-corrected chi connectivity index (χ0v) is 11.4. The van der Waals surface area contributed by atoms with Gasteiger partial charge in [-0.25, -0.2) is 0 Å². The van der Waals surface area contributed by atoms with Gasteiger partial charge in [-0.05, 0) is 6.92 Å². The van der Waals surface area contributed by atoms with Gasteiger partial charge in [0.05, 0.1) is 12.9 Å². The smallest absolute Gasteiger partial charge is 0.322 e. The molecule has 0 saturated carbocycles. The molecule has 0 fully saturated rings. The van der Waals surface area contributed by atoms with E-state index < -0.39 is 24.0 Å². The molecule has 1 amide bonds. The maximum atomic E-state index is 11.5. The van der Waals surface area contributed by atoms with Gasteiger partial charge in [0.1, 0.15) is 19.4 Å². The van der Waals surface area contributed by atoms with Crippen molar-refractivity contribution in [3.8, 4) is 0 Å². The molecule has 0 aliphatic carbocycles. The molecule has 2 aliphatic heterocycles. The van der Waals surface area contributed by atoms with Crippen molar-refractivity contribution in [2.75, 3.05) is 19.9 Å². The summed E-state index contributed by atoms with van der Waals surface area (Å²) in [7, 11) is 0. The Hall–Kier alpha value is -2.33. The zero-order chi connectivity index (χ0) is 15.4. The number of amides is 1. The van der Waals surface area contributed by atoms with E-state index in [0.717, 1.165) is 0 Å². The molecule has 0 radical (unpaired) electrons. The summed E-state index contributed by atoms with van der Waals surface area (Å²) in [5.74, 6) is -0.678. The molecule has 2 aliphatic rings. The zero-order valence-electron chi connectivity index (χ0n) is 11.4. The SMILES string of the molecule is CC(N)C(=O)OCCOCN1C=NC2C(=O)N=C(N)N=C21. The minimum Gasteiger partial charge on any atom is -0.462 e. The second-order valence-electron chi connectivity index (χ2n) is 4.41. The van der Waals surface area contributed by atoms with Crippen LogP contribution in [0, 0.1) is 0 Å². The van der Waals surface area contributed by atoms with Gasteiger partial charge in [0.25, 0.3) is 5.91 Å². The number of hydrogen-bond donors (Lipinski definition) is 2. The summed E-state index contributed by atoms with van der Waals surface area (Å²) in [5, 5.41) is 0. The number of nitrogens with two attached hydrogens (primary N) is 2. The lowest BCUT2D eigenvalue weighted by Gasteiger charge is -2.19. The van der Waals surface area contributed by atoms with E-state index in [-0.39, 0.29) is 25.9 Å². The highest BCUT2D eigenvalue weighted by Gasteiger charge is 2.35. The number of hydrogen-bond acceptors (Lipinski definition) is 9. The van der Waals surface area contributed by atoms with Crippen LogP contribution in [0.1, 0.15) is 6.92 Å². The summed E-state index contributed by atoms with van der Waals surface area (Å²) in [6, 6.07) is -1.42. The van der Waals surface area contributed by atoms with E-state index in [1.165, 1.54) is 18.2 Å². The number of fused-ring (bicyclic) bond motifs is 1. The van der Waals surface area contributed by atoms with E-state index in [2.05, 4.69) is 15.0 Å². The number of ether oxygens (including phenoxy) is 2. The summed E-state index contributed by atoms with van der Waals surface area (Å²) < 4.78 is 10.2. The minimum atomic E-state index is -0.753. The Bertz CT molecular complexity index is 527. The first-order chi connectivity index (χ1) is 9.99. The third-order valence-electron chi connectivity index (χ3n) is 2.66. The van der Waals surface area contributed by atoms with Crippen molar-refractivity contribution in [1.82, 2.24) is 4.90 Å². The van der Waals surface area contributed by atoms with E-state index in [1.54, 1.807) is 0 Å². The highest BCUT2D eigenvalue weighted by atomic mass is 16.6. The lowest BCUT2D eigenvalue weighted by atomic mass is 10.2. The molecule has 4 N–H and O–H groups in total. The van der Waals surface area contributed by atoms with Crippen molar-refractivity contribution >= 4 is 30.0 Å². The molecule has 2 rings (SSSR count). The third-order valence-corrected chi connectivity index (χ3v) is 2.66. The van der Waals surface area contributed by atoms with Crippen molar-refractivity contribution in [3.63, 3.8) is 0 Å². The number of carbonyl (C=O) groups is 2. The van der Waals surface area contributed by atoms with E-state index in [9.17, 15) is 9.59 Å². The fourth-order valence-corrected chi connectivity index (χ4v) is 1.64. The maximum Gasteiger partial charge on any atom is 0.322 e. The fourth-order valence-electron chi connectivity index (χ4n) is 1.64. The van der Waals surface area contributed by atoms with Crippen LogP contribution in [0.5, 0.6) is 0 Å². The first-order valence-corrected chi connectivity index (χ1v) is 6.25. The Kier molecular flexibility index (Phi) is 4.60.